The second-order valence-corrected chi connectivity index (χ2v) is 12.4. The van der Waals surface area contributed by atoms with Crippen molar-refractivity contribution in [2.75, 3.05) is 25.5 Å². The Morgan fingerprint density at radius 1 is 1.07 bits per heavy atom. The van der Waals surface area contributed by atoms with E-state index in [2.05, 4.69) is 32.2 Å². The van der Waals surface area contributed by atoms with Crippen LogP contribution < -0.4 is 5.32 Å². The number of aromatic nitrogens is 4. The van der Waals surface area contributed by atoms with Gasteiger partial charge in [-0.2, -0.15) is 0 Å². The molecule has 10 heteroatoms. The minimum Gasteiger partial charge on any atom is -0.360 e. The standard InChI is InChI=1S/C31H37Cl2N7O/c1-19(29-37-26-12-11-20(32)14-28(26)38-29)36-30-24-15-25(33)23(16-27(24)34-18-35-30)31(41)40-13-7-6-10-22(40)17-39(2)21-8-4-3-5-9-21/h11-12,14-16,18-19,21-22H,3-10,13,17H2,1-2H3,(H,37,38)(H,34,35,36)/t19-,22-/m1/s1. The van der Waals surface area contributed by atoms with Gasteiger partial charge in [0.25, 0.3) is 5.91 Å². The summed E-state index contributed by atoms with van der Waals surface area (Å²) in [6.45, 7) is 3.67. The van der Waals surface area contributed by atoms with Crippen molar-refractivity contribution in [2.45, 2.75) is 76.4 Å². The number of halogens is 2. The fourth-order valence-corrected chi connectivity index (χ4v) is 6.87. The van der Waals surface area contributed by atoms with Crippen molar-refractivity contribution in [1.82, 2.24) is 29.7 Å². The first kappa shape index (κ1) is 28.2. The third-order valence-corrected chi connectivity index (χ3v) is 9.31. The van der Waals surface area contributed by atoms with Crippen LogP contribution >= 0.6 is 23.2 Å². The molecule has 1 aliphatic heterocycles. The van der Waals surface area contributed by atoms with E-state index in [9.17, 15) is 4.79 Å². The quantitative estimate of drug-likeness (QED) is 0.234. The highest BCUT2D eigenvalue weighted by atomic mass is 35.5. The molecule has 0 bridgehead atoms. The molecule has 0 unspecified atom stereocenters. The number of nitrogens with one attached hydrogen (secondary N) is 2. The van der Waals surface area contributed by atoms with Crippen LogP contribution in [0.1, 0.15) is 80.5 Å². The smallest absolute Gasteiger partial charge is 0.255 e. The van der Waals surface area contributed by atoms with E-state index in [1.54, 1.807) is 0 Å². The molecule has 3 heterocycles. The minimum absolute atomic E-state index is 0.0129. The number of anilines is 1. The van der Waals surface area contributed by atoms with Crippen molar-refractivity contribution in [3.05, 3.63) is 58.1 Å². The van der Waals surface area contributed by atoms with E-state index in [1.165, 1.54) is 38.4 Å². The van der Waals surface area contributed by atoms with Gasteiger partial charge in [0.05, 0.1) is 33.2 Å². The van der Waals surface area contributed by atoms with Crippen LogP contribution in [0.4, 0.5) is 5.82 Å². The first-order valence-electron chi connectivity index (χ1n) is 14.7. The molecule has 2 fully saturated rings. The minimum atomic E-state index is -0.172. The number of likely N-dealkylation sites (N-methyl/N-ethyl adjacent to an activating group) is 1. The second kappa shape index (κ2) is 12.1. The molecule has 0 spiro atoms. The van der Waals surface area contributed by atoms with Crippen LogP contribution in [0.3, 0.4) is 0 Å². The second-order valence-electron chi connectivity index (χ2n) is 11.6. The van der Waals surface area contributed by atoms with Crippen molar-refractivity contribution in [2.24, 2.45) is 0 Å². The molecule has 1 aliphatic carbocycles. The summed E-state index contributed by atoms with van der Waals surface area (Å²) in [5.41, 5.74) is 2.89. The monoisotopic (exact) mass is 593 g/mol. The Labute approximate surface area is 250 Å². The number of aromatic amines is 1. The number of H-pyrrole nitrogens is 1. The van der Waals surface area contributed by atoms with Gasteiger partial charge >= 0.3 is 0 Å². The van der Waals surface area contributed by atoms with Crippen LogP contribution in [-0.2, 0) is 0 Å². The number of fused-ring (bicyclic) bond motifs is 2. The number of hydrogen-bond acceptors (Lipinski definition) is 6. The molecule has 2 aromatic heterocycles. The first-order chi connectivity index (χ1) is 19.9. The molecule has 1 saturated carbocycles. The van der Waals surface area contributed by atoms with Gasteiger partial charge in [0, 0.05) is 35.6 Å². The Balaban J connectivity index is 1.22. The number of benzene rings is 2. The van der Waals surface area contributed by atoms with Crippen molar-refractivity contribution in [1.29, 1.82) is 0 Å². The molecule has 2 aliphatic rings. The Morgan fingerprint density at radius 3 is 2.71 bits per heavy atom. The van der Waals surface area contributed by atoms with Crippen molar-refractivity contribution in [3.63, 3.8) is 0 Å². The molecular weight excluding hydrogens is 557 g/mol. The Bertz CT molecular complexity index is 1550. The summed E-state index contributed by atoms with van der Waals surface area (Å²) in [5.74, 6) is 1.38. The summed E-state index contributed by atoms with van der Waals surface area (Å²) in [6.07, 6.45) is 11.2. The summed E-state index contributed by atoms with van der Waals surface area (Å²) in [4.78, 5) is 35.5. The Hall–Kier alpha value is -2.94. The van der Waals surface area contributed by atoms with E-state index in [0.29, 0.717) is 33.0 Å². The summed E-state index contributed by atoms with van der Waals surface area (Å²) in [5, 5.41) is 5.26. The Kier molecular flexibility index (Phi) is 8.33. The van der Waals surface area contributed by atoms with Gasteiger partial charge in [-0.15, -0.1) is 0 Å². The lowest BCUT2D eigenvalue weighted by atomic mass is 9.93. The lowest BCUT2D eigenvalue weighted by Gasteiger charge is -2.40. The van der Waals surface area contributed by atoms with E-state index in [4.69, 9.17) is 28.2 Å². The van der Waals surface area contributed by atoms with E-state index >= 15 is 0 Å². The van der Waals surface area contributed by atoms with Gasteiger partial charge in [-0.25, -0.2) is 15.0 Å². The maximum atomic E-state index is 13.9. The van der Waals surface area contributed by atoms with Gasteiger partial charge in [0.2, 0.25) is 0 Å². The third kappa shape index (κ3) is 6.01. The maximum absolute atomic E-state index is 13.9. The highest BCUT2D eigenvalue weighted by Crippen LogP contribution is 2.32. The average molecular weight is 595 g/mol. The van der Waals surface area contributed by atoms with Crippen LogP contribution in [0.5, 0.6) is 0 Å². The zero-order valence-electron chi connectivity index (χ0n) is 23.7. The summed E-state index contributed by atoms with van der Waals surface area (Å²) in [7, 11) is 2.23. The van der Waals surface area contributed by atoms with Gasteiger partial charge in [-0.05, 0) is 76.4 Å². The first-order valence-corrected chi connectivity index (χ1v) is 15.5. The molecule has 1 saturated heterocycles. The Morgan fingerprint density at radius 2 is 1.88 bits per heavy atom. The van der Waals surface area contributed by atoms with Gasteiger partial charge in [0.1, 0.15) is 18.0 Å². The fourth-order valence-electron chi connectivity index (χ4n) is 6.45. The van der Waals surface area contributed by atoms with Gasteiger partial charge in [-0.1, -0.05) is 42.5 Å². The number of hydrogen-bond donors (Lipinski definition) is 2. The molecule has 8 nitrogen and oxygen atoms in total. The SMILES string of the molecule is C[C@@H](Nc1ncnc2cc(C(=O)N3CCCC[C@@H]3CN(C)C3CCCCC3)c(Cl)cc12)c1nc2ccc(Cl)cc2[nH]1. The van der Waals surface area contributed by atoms with Gasteiger partial charge < -0.3 is 20.1 Å². The highest BCUT2D eigenvalue weighted by Gasteiger charge is 2.31. The molecule has 2 aromatic carbocycles. The number of likely N-dealkylation sites (tertiary alicyclic amines) is 1. The molecular formula is C31H37Cl2N7O. The topological polar surface area (TPSA) is 90.0 Å². The van der Waals surface area contributed by atoms with Crippen LogP contribution in [-0.4, -0.2) is 67.9 Å². The average Bonchev–Trinajstić information content (AvgIpc) is 3.41. The number of carbonyl (C=O) groups excluding carboxylic acids is 1. The third-order valence-electron chi connectivity index (χ3n) is 8.76. The van der Waals surface area contributed by atoms with Crippen molar-refractivity contribution in [3.8, 4) is 0 Å². The largest absolute Gasteiger partial charge is 0.360 e. The molecule has 2 atom stereocenters. The van der Waals surface area contributed by atoms with E-state index in [1.807, 2.05) is 42.2 Å². The molecule has 1 amide bonds. The van der Waals surface area contributed by atoms with Crippen LogP contribution in [0.2, 0.25) is 10.0 Å². The van der Waals surface area contributed by atoms with Gasteiger partial charge in [0.15, 0.2) is 0 Å². The number of imidazole rings is 1. The van der Waals surface area contributed by atoms with Crippen LogP contribution in [0.15, 0.2) is 36.7 Å². The van der Waals surface area contributed by atoms with Crippen LogP contribution in [0.25, 0.3) is 21.9 Å². The number of rotatable bonds is 7. The summed E-state index contributed by atoms with van der Waals surface area (Å²) in [6, 6.07) is 9.85. The lowest BCUT2D eigenvalue weighted by Crippen LogP contribution is -2.50. The van der Waals surface area contributed by atoms with E-state index < -0.39 is 0 Å². The number of nitrogens with zero attached hydrogens (tertiary/aromatic N) is 5. The lowest BCUT2D eigenvalue weighted by molar-refractivity contribution is 0.0514. The van der Waals surface area contributed by atoms with Crippen molar-refractivity contribution < 1.29 is 4.79 Å². The molecule has 0 radical (unpaired) electrons. The zero-order valence-corrected chi connectivity index (χ0v) is 25.2. The maximum Gasteiger partial charge on any atom is 0.255 e. The molecule has 41 heavy (non-hydrogen) atoms. The molecule has 2 N–H and O–H groups in total. The normalized spacial score (nSPS) is 19.2. The molecule has 4 aromatic rings. The van der Waals surface area contributed by atoms with E-state index in [-0.39, 0.29) is 18.0 Å². The molecule has 216 valence electrons. The summed E-state index contributed by atoms with van der Waals surface area (Å²) >= 11 is 13.0. The number of carbonyl (C=O) groups is 1. The number of amides is 1. The highest BCUT2D eigenvalue weighted by molar-refractivity contribution is 6.35. The fraction of sp³-hybridized carbons (Fsp3) is 0.484. The predicted octanol–water partition coefficient (Wildman–Crippen LogP) is 7.25. The summed E-state index contributed by atoms with van der Waals surface area (Å²) < 4.78 is 0. The van der Waals surface area contributed by atoms with E-state index in [0.717, 1.165) is 54.6 Å². The van der Waals surface area contributed by atoms with Crippen LogP contribution in [0, 0.1) is 0 Å². The van der Waals surface area contributed by atoms with Gasteiger partial charge in [-0.3, -0.25) is 4.79 Å². The molecule has 6 rings (SSSR count). The number of piperidine rings is 1. The zero-order chi connectivity index (χ0) is 28.5. The predicted molar refractivity (Wildman–Crippen MR) is 166 cm³/mol. The van der Waals surface area contributed by atoms with Crippen molar-refractivity contribution >= 4 is 56.9 Å².